The Kier molecular flexibility index (Phi) is 6.10. The maximum atomic E-state index is 12.2. The van der Waals surface area contributed by atoms with Gasteiger partial charge in [0, 0.05) is 18.0 Å². The normalized spacial score (nSPS) is 23.8. The highest BCUT2D eigenvalue weighted by molar-refractivity contribution is 5.91. The third kappa shape index (κ3) is 4.56. The van der Waals surface area contributed by atoms with E-state index in [2.05, 4.69) is 20.6 Å². The number of carbonyl (C=O) groups excluding carboxylic acids is 1. The molecule has 1 aliphatic carbocycles. The average molecular weight is 465 g/mol. The molecule has 3 heterocycles. The van der Waals surface area contributed by atoms with Crippen LogP contribution in [0.2, 0.25) is 0 Å². The van der Waals surface area contributed by atoms with Gasteiger partial charge in [0.2, 0.25) is 5.88 Å². The number of nitrogens with zero attached hydrogens (tertiary/aromatic N) is 2. The second-order valence-electron chi connectivity index (χ2n) is 8.81. The van der Waals surface area contributed by atoms with Crippen molar-refractivity contribution in [1.82, 2.24) is 15.3 Å². The summed E-state index contributed by atoms with van der Waals surface area (Å²) in [5, 5.41) is 17.7. The Balaban J connectivity index is 1.20. The molecule has 34 heavy (non-hydrogen) atoms. The third-order valence-electron chi connectivity index (χ3n) is 6.59. The van der Waals surface area contributed by atoms with Gasteiger partial charge in [0.15, 0.2) is 11.5 Å². The molecule has 9 nitrogen and oxygen atoms in total. The predicted octanol–water partition coefficient (Wildman–Crippen LogP) is 3.62. The molecule has 1 unspecified atom stereocenters. The first kappa shape index (κ1) is 22.2. The quantitative estimate of drug-likeness (QED) is 0.525. The van der Waals surface area contributed by atoms with Crippen molar-refractivity contribution in [1.29, 1.82) is 0 Å². The first-order valence-electron chi connectivity index (χ1n) is 11.5. The molecule has 1 aliphatic heterocycles. The number of carbonyl (C=O) groups is 1. The van der Waals surface area contributed by atoms with Gasteiger partial charge >= 0.3 is 6.09 Å². The van der Waals surface area contributed by atoms with E-state index in [-0.39, 0.29) is 25.2 Å². The zero-order valence-corrected chi connectivity index (χ0v) is 19.0. The zero-order chi connectivity index (χ0) is 23.5. The number of amides is 1. The number of hydrogen-bond acceptors (Lipinski definition) is 8. The summed E-state index contributed by atoms with van der Waals surface area (Å²) in [6.07, 6.45) is 4.16. The van der Waals surface area contributed by atoms with Crippen molar-refractivity contribution in [3.8, 4) is 11.6 Å². The zero-order valence-electron chi connectivity index (χ0n) is 19.0. The van der Waals surface area contributed by atoms with Crippen molar-refractivity contribution in [2.75, 3.05) is 19.0 Å². The smallest absolute Gasteiger partial charge is 0.407 e. The van der Waals surface area contributed by atoms with E-state index in [4.69, 9.17) is 14.2 Å². The van der Waals surface area contributed by atoms with Crippen LogP contribution in [0.3, 0.4) is 0 Å². The number of pyridine rings is 2. The fourth-order valence-electron chi connectivity index (χ4n) is 4.68. The lowest BCUT2D eigenvalue weighted by Gasteiger charge is -2.43. The maximum Gasteiger partial charge on any atom is 0.407 e. The summed E-state index contributed by atoms with van der Waals surface area (Å²) in [5.74, 6) is 0.964. The van der Waals surface area contributed by atoms with Crippen LogP contribution < -0.4 is 20.1 Å². The van der Waals surface area contributed by atoms with E-state index in [1.54, 1.807) is 19.4 Å². The van der Waals surface area contributed by atoms with E-state index in [0.29, 0.717) is 28.4 Å². The molecular formula is C25H28N4O5. The van der Waals surface area contributed by atoms with Crippen molar-refractivity contribution in [2.45, 2.75) is 44.1 Å². The van der Waals surface area contributed by atoms with Gasteiger partial charge in [-0.1, -0.05) is 30.3 Å². The maximum absolute atomic E-state index is 12.2. The molecule has 3 N–H and O–H groups in total. The minimum Gasteiger partial charge on any atom is -0.485 e. The van der Waals surface area contributed by atoms with E-state index >= 15 is 0 Å². The van der Waals surface area contributed by atoms with E-state index in [1.807, 2.05) is 36.4 Å². The molecule has 3 aromatic rings. The fourth-order valence-corrected chi connectivity index (χ4v) is 4.68. The molecule has 0 radical (unpaired) electrons. The summed E-state index contributed by atoms with van der Waals surface area (Å²) in [7, 11) is 1.56. The van der Waals surface area contributed by atoms with E-state index < -0.39 is 11.8 Å². The Labute approximate surface area is 197 Å². The van der Waals surface area contributed by atoms with Gasteiger partial charge in [-0.2, -0.15) is 0 Å². The van der Waals surface area contributed by atoms with Crippen LogP contribution in [0.1, 0.15) is 31.2 Å². The van der Waals surface area contributed by atoms with Crippen molar-refractivity contribution in [2.24, 2.45) is 5.92 Å². The Morgan fingerprint density at radius 1 is 1.21 bits per heavy atom. The Morgan fingerprint density at radius 3 is 2.76 bits per heavy atom. The number of benzene rings is 1. The molecule has 1 fully saturated rings. The Hall–Kier alpha value is -3.59. The van der Waals surface area contributed by atoms with Crippen LogP contribution in [0.5, 0.6) is 11.6 Å². The largest absolute Gasteiger partial charge is 0.485 e. The average Bonchev–Trinajstić information content (AvgIpc) is 2.88. The molecule has 0 spiro atoms. The second kappa shape index (κ2) is 9.34. The van der Waals surface area contributed by atoms with Gasteiger partial charge in [-0.15, -0.1) is 0 Å². The van der Waals surface area contributed by atoms with Gasteiger partial charge in [-0.3, -0.25) is 4.98 Å². The second-order valence-corrected chi connectivity index (χ2v) is 8.81. The molecule has 1 atom stereocenters. The molecular weight excluding hydrogens is 436 g/mol. The number of methoxy groups -OCH3 is 1. The van der Waals surface area contributed by atoms with Crippen LogP contribution in [0.15, 0.2) is 48.7 Å². The SMILES string of the molecule is COc1ccc2ncc3c(c2n1)NC(O)([C@H]1CC[C@H](NC(=O)OCc2ccccc2)CC1)CO3. The van der Waals surface area contributed by atoms with Crippen LogP contribution in [0.4, 0.5) is 10.5 Å². The molecule has 1 amide bonds. The number of aliphatic hydroxyl groups is 1. The predicted molar refractivity (Wildman–Crippen MR) is 126 cm³/mol. The number of nitrogens with one attached hydrogen (secondary N) is 2. The summed E-state index contributed by atoms with van der Waals surface area (Å²) >= 11 is 0. The van der Waals surface area contributed by atoms with E-state index in [1.165, 1.54) is 0 Å². The number of hydrogen-bond donors (Lipinski definition) is 3. The van der Waals surface area contributed by atoms with Crippen molar-refractivity contribution < 1.29 is 24.1 Å². The van der Waals surface area contributed by atoms with Gasteiger partial charge in [0.05, 0.1) is 18.8 Å². The molecule has 0 saturated heterocycles. The monoisotopic (exact) mass is 464 g/mol. The van der Waals surface area contributed by atoms with Crippen molar-refractivity contribution >= 4 is 22.8 Å². The highest BCUT2D eigenvalue weighted by Crippen LogP contribution is 2.42. The van der Waals surface area contributed by atoms with Gasteiger partial charge in [0.1, 0.15) is 24.4 Å². The minimum atomic E-state index is -1.25. The fraction of sp³-hybridized carbons (Fsp3) is 0.400. The van der Waals surface area contributed by atoms with Gasteiger partial charge in [-0.25, -0.2) is 9.78 Å². The standard InChI is InChI=1S/C25H28N4O5/c1-32-21-12-11-19-22(28-21)23-20(13-26-19)34-15-25(31,29-23)17-7-9-18(10-8-17)27-24(30)33-14-16-5-3-2-4-6-16/h2-6,11-13,17-18,29,31H,7-10,14-15H2,1H3,(H,27,30)/t17-,18-,25?. The first-order chi connectivity index (χ1) is 16.5. The first-order valence-corrected chi connectivity index (χ1v) is 11.5. The van der Waals surface area contributed by atoms with E-state index in [9.17, 15) is 9.90 Å². The van der Waals surface area contributed by atoms with Crippen molar-refractivity contribution in [3.63, 3.8) is 0 Å². The van der Waals surface area contributed by atoms with Gasteiger partial charge in [0.25, 0.3) is 0 Å². The minimum absolute atomic E-state index is 0.0101. The third-order valence-corrected chi connectivity index (χ3v) is 6.59. The molecule has 0 bridgehead atoms. The number of anilines is 1. The van der Waals surface area contributed by atoms with Crippen LogP contribution in [-0.4, -0.2) is 46.7 Å². The molecule has 178 valence electrons. The summed E-state index contributed by atoms with van der Waals surface area (Å²) in [6.45, 7) is 0.350. The summed E-state index contributed by atoms with van der Waals surface area (Å²) in [6, 6.07) is 13.2. The lowest BCUT2D eigenvalue weighted by molar-refractivity contribution is -0.0508. The lowest BCUT2D eigenvalue weighted by Crippen LogP contribution is -2.54. The van der Waals surface area contributed by atoms with Crippen LogP contribution in [0.25, 0.3) is 11.0 Å². The van der Waals surface area contributed by atoms with Crippen molar-refractivity contribution in [3.05, 3.63) is 54.2 Å². The number of rotatable bonds is 5. The highest BCUT2D eigenvalue weighted by atomic mass is 16.5. The molecule has 1 aromatic carbocycles. The topological polar surface area (TPSA) is 115 Å². The molecule has 2 aliphatic rings. The van der Waals surface area contributed by atoms with Crippen LogP contribution in [0, 0.1) is 5.92 Å². The Bertz CT molecular complexity index is 1160. The Morgan fingerprint density at radius 2 is 2.00 bits per heavy atom. The molecule has 1 saturated carbocycles. The number of fused-ring (bicyclic) bond motifs is 3. The number of alkyl carbamates (subject to hydrolysis) is 1. The summed E-state index contributed by atoms with van der Waals surface area (Å²) in [4.78, 5) is 21.1. The van der Waals surface area contributed by atoms with Gasteiger partial charge < -0.3 is 30.0 Å². The van der Waals surface area contributed by atoms with E-state index in [0.717, 1.165) is 31.2 Å². The highest BCUT2D eigenvalue weighted by Gasteiger charge is 2.43. The lowest BCUT2D eigenvalue weighted by atomic mass is 9.79. The number of aromatic nitrogens is 2. The summed E-state index contributed by atoms with van der Waals surface area (Å²) in [5.41, 5.74) is 1.59. The van der Waals surface area contributed by atoms with Crippen LogP contribution >= 0.6 is 0 Å². The molecule has 2 aromatic heterocycles. The summed E-state index contributed by atoms with van der Waals surface area (Å²) < 4.78 is 16.5. The van der Waals surface area contributed by atoms with Crippen LogP contribution in [-0.2, 0) is 11.3 Å². The molecule has 5 rings (SSSR count). The van der Waals surface area contributed by atoms with Gasteiger partial charge in [-0.05, 0) is 37.3 Å². The number of ether oxygens (including phenoxy) is 3. The molecule has 9 heteroatoms.